The molecule has 7 nitrogen and oxygen atoms in total. The van der Waals surface area contributed by atoms with Gasteiger partial charge in [0.25, 0.3) is 0 Å². The van der Waals surface area contributed by atoms with Crippen LogP contribution in [0, 0.1) is 18.3 Å². The minimum absolute atomic E-state index is 0.104. The van der Waals surface area contributed by atoms with Crippen LogP contribution >= 0.6 is 0 Å². The molecule has 1 amide bonds. The highest BCUT2D eigenvalue weighted by Gasteiger charge is 2.31. The summed E-state index contributed by atoms with van der Waals surface area (Å²) in [7, 11) is 1.87. The lowest BCUT2D eigenvalue weighted by atomic mass is 9.98. The van der Waals surface area contributed by atoms with Crippen molar-refractivity contribution in [1.29, 1.82) is 5.26 Å². The van der Waals surface area contributed by atoms with Gasteiger partial charge in [-0.25, -0.2) is 0 Å². The first-order valence-electron chi connectivity index (χ1n) is 9.47. The number of nitriles is 1. The van der Waals surface area contributed by atoms with E-state index in [1.165, 1.54) is 0 Å². The highest BCUT2D eigenvalue weighted by atomic mass is 16.5. The third-order valence-corrected chi connectivity index (χ3v) is 5.30. The summed E-state index contributed by atoms with van der Waals surface area (Å²) >= 11 is 0. The van der Waals surface area contributed by atoms with Crippen LogP contribution in [-0.2, 0) is 18.3 Å². The van der Waals surface area contributed by atoms with Crippen LogP contribution in [0.3, 0.4) is 0 Å². The van der Waals surface area contributed by atoms with E-state index in [4.69, 9.17) is 9.78 Å². The fourth-order valence-electron chi connectivity index (χ4n) is 3.88. The van der Waals surface area contributed by atoms with Crippen molar-refractivity contribution in [3.63, 3.8) is 0 Å². The molecule has 7 heteroatoms. The molecular weight excluding hydrogens is 378 g/mol. The molecule has 146 valence electrons. The molecule has 0 saturated carbocycles. The summed E-state index contributed by atoms with van der Waals surface area (Å²) in [5.74, 6) is 0.434. The molecule has 0 aliphatic carbocycles. The summed E-state index contributed by atoms with van der Waals surface area (Å²) < 4.78 is 7.22. The molecule has 0 unspecified atom stereocenters. The first-order chi connectivity index (χ1) is 14.5. The van der Waals surface area contributed by atoms with Crippen molar-refractivity contribution in [1.82, 2.24) is 14.9 Å². The predicted molar refractivity (Wildman–Crippen MR) is 111 cm³/mol. The zero-order valence-corrected chi connectivity index (χ0v) is 16.5. The van der Waals surface area contributed by atoms with Crippen molar-refractivity contribution in [3.8, 4) is 28.3 Å². The minimum Gasteiger partial charge on any atom is -0.360 e. The van der Waals surface area contributed by atoms with Gasteiger partial charge in [-0.15, -0.1) is 0 Å². The number of nitrogens with zero attached hydrogens (tertiary/aromatic N) is 5. The normalized spacial score (nSPS) is 12.8. The molecule has 0 bridgehead atoms. The average Bonchev–Trinajstić information content (AvgIpc) is 3.31. The predicted octanol–water partition coefficient (Wildman–Crippen LogP) is 4.14. The van der Waals surface area contributed by atoms with E-state index in [0.717, 1.165) is 33.6 Å². The van der Waals surface area contributed by atoms with E-state index in [1.54, 1.807) is 40.0 Å². The van der Waals surface area contributed by atoms with Gasteiger partial charge >= 0.3 is 0 Å². The van der Waals surface area contributed by atoms with Crippen molar-refractivity contribution < 1.29 is 9.32 Å². The van der Waals surface area contributed by atoms with Gasteiger partial charge in [0.15, 0.2) is 5.76 Å². The summed E-state index contributed by atoms with van der Waals surface area (Å²) in [6.45, 7) is 1.88. The second-order valence-electron chi connectivity index (χ2n) is 7.27. The first kappa shape index (κ1) is 17.9. The zero-order chi connectivity index (χ0) is 20.8. The Kier molecular flexibility index (Phi) is 4.00. The zero-order valence-electron chi connectivity index (χ0n) is 16.5. The number of aryl methyl sites for hydroxylation is 2. The number of carbonyl (C=O) groups is 1. The Labute approximate surface area is 172 Å². The molecule has 0 radical (unpaired) electrons. The van der Waals surface area contributed by atoms with Crippen molar-refractivity contribution in [2.75, 3.05) is 4.90 Å². The first-order valence-corrected chi connectivity index (χ1v) is 9.47. The number of hydrogen-bond acceptors (Lipinski definition) is 5. The monoisotopic (exact) mass is 395 g/mol. The lowest BCUT2D eigenvalue weighted by Crippen LogP contribution is -2.26. The van der Waals surface area contributed by atoms with Crippen LogP contribution in [-0.4, -0.2) is 20.8 Å². The van der Waals surface area contributed by atoms with Gasteiger partial charge in [0.1, 0.15) is 0 Å². The van der Waals surface area contributed by atoms with Gasteiger partial charge < -0.3 is 4.52 Å². The van der Waals surface area contributed by atoms with Gasteiger partial charge in [-0.1, -0.05) is 17.3 Å². The fraction of sp³-hybridized carbons (Fsp3) is 0.130. The van der Waals surface area contributed by atoms with Crippen LogP contribution in [0.4, 0.5) is 11.4 Å². The minimum atomic E-state index is -0.126. The maximum atomic E-state index is 13.3. The smallest absolute Gasteiger partial charge is 0.239 e. The molecule has 1 aliphatic heterocycles. The maximum Gasteiger partial charge on any atom is 0.239 e. The molecule has 0 spiro atoms. The van der Waals surface area contributed by atoms with E-state index in [-0.39, 0.29) is 12.3 Å². The molecule has 0 saturated heterocycles. The second-order valence-corrected chi connectivity index (χ2v) is 7.27. The van der Waals surface area contributed by atoms with E-state index in [1.807, 2.05) is 38.4 Å². The Bertz CT molecular complexity index is 1320. The number of hydrogen-bond donors (Lipinski definition) is 0. The summed E-state index contributed by atoms with van der Waals surface area (Å²) in [6, 6.07) is 15.1. The molecule has 3 heterocycles. The van der Waals surface area contributed by atoms with Crippen LogP contribution in [0.15, 0.2) is 59.4 Å². The van der Waals surface area contributed by atoms with Crippen LogP contribution in [0.25, 0.3) is 22.3 Å². The topological polar surface area (TPSA) is 87.9 Å². The van der Waals surface area contributed by atoms with Crippen molar-refractivity contribution in [2.45, 2.75) is 13.3 Å². The quantitative estimate of drug-likeness (QED) is 0.509. The van der Waals surface area contributed by atoms with Gasteiger partial charge in [0.2, 0.25) is 5.91 Å². The number of aromatic nitrogens is 3. The van der Waals surface area contributed by atoms with Crippen molar-refractivity contribution in [3.05, 3.63) is 71.9 Å². The van der Waals surface area contributed by atoms with Crippen LogP contribution in [0.2, 0.25) is 0 Å². The van der Waals surface area contributed by atoms with Gasteiger partial charge in [-0.05, 0) is 42.8 Å². The number of fused-ring (bicyclic) bond motifs is 3. The van der Waals surface area contributed by atoms with Crippen molar-refractivity contribution in [2.24, 2.45) is 7.05 Å². The van der Waals surface area contributed by atoms with E-state index in [2.05, 4.69) is 16.3 Å². The van der Waals surface area contributed by atoms with Gasteiger partial charge in [0.05, 0.1) is 41.2 Å². The van der Waals surface area contributed by atoms with E-state index in [0.29, 0.717) is 17.0 Å². The Balaban J connectivity index is 1.75. The van der Waals surface area contributed by atoms with Gasteiger partial charge in [-0.3, -0.25) is 14.4 Å². The Hall–Kier alpha value is -4.18. The van der Waals surface area contributed by atoms with E-state index in [9.17, 15) is 4.79 Å². The number of anilines is 2. The molecule has 30 heavy (non-hydrogen) atoms. The van der Waals surface area contributed by atoms with Crippen LogP contribution in [0.5, 0.6) is 0 Å². The maximum absolute atomic E-state index is 13.3. The number of benzene rings is 2. The lowest BCUT2D eigenvalue weighted by molar-refractivity contribution is -0.117. The SMILES string of the molecule is Cc1noc2c1-c1ccc(-c3cnn(C)c3)cc1N(c1ccc(C#N)cc1)C(=O)C2. The molecule has 2 aromatic heterocycles. The van der Waals surface area contributed by atoms with Crippen LogP contribution < -0.4 is 4.90 Å². The molecule has 4 aromatic rings. The van der Waals surface area contributed by atoms with Gasteiger partial charge in [-0.2, -0.15) is 10.4 Å². The second kappa shape index (κ2) is 6.71. The molecule has 2 aromatic carbocycles. The lowest BCUT2D eigenvalue weighted by Gasteiger charge is -2.24. The van der Waals surface area contributed by atoms with Crippen LogP contribution in [0.1, 0.15) is 17.0 Å². The standard InChI is InChI=1S/C23H17N5O2/c1-14-23-19-8-5-16(17-12-25-27(2)13-17)9-20(19)28(22(29)10-21(23)30-26-14)18-6-3-15(11-24)4-7-18/h3-9,12-13H,10H2,1-2H3. The third-order valence-electron chi connectivity index (χ3n) is 5.30. The molecule has 0 fully saturated rings. The third kappa shape index (κ3) is 2.78. The fourth-order valence-corrected chi connectivity index (χ4v) is 3.88. The Morgan fingerprint density at radius 3 is 2.63 bits per heavy atom. The van der Waals surface area contributed by atoms with E-state index < -0.39 is 0 Å². The summed E-state index contributed by atoms with van der Waals surface area (Å²) in [5.41, 5.74) is 6.37. The molecule has 0 N–H and O–H groups in total. The Morgan fingerprint density at radius 1 is 1.13 bits per heavy atom. The largest absolute Gasteiger partial charge is 0.360 e. The summed E-state index contributed by atoms with van der Waals surface area (Å²) in [4.78, 5) is 15.0. The highest BCUT2D eigenvalue weighted by molar-refractivity contribution is 6.08. The number of amides is 1. The highest BCUT2D eigenvalue weighted by Crippen LogP contribution is 2.43. The summed E-state index contributed by atoms with van der Waals surface area (Å²) in [6.07, 6.45) is 3.83. The molecule has 5 rings (SSSR count). The van der Waals surface area contributed by atoms with Crippen molar-refractivity contribution >= 4 is 17.3 Å². The average molecular weight is 395 g/mol. The summed E-state index contributed by atoms with van der Waals surface area (Å²) in [5, 5.41) is 17.5. The van der Waals surface area contributed by atoms with E-state index >= 15 is 0 Å². The molecule has 0 atom stereocenters. The Morgan fingerprint density at radius 2 is 1.93 bits per heavy atom. The van der Waals surface area contributed by atoms with Gasteiger partial charge in [0, 0.05) is 30.1 Å². The number of rotatable bonds is 2. The molecular formula is C23H17N5O2. The molecule has 1 aliphatic rings. The number of carbonyl (C=O) groups excluding carboxylic acids is 1.